The summed E-state index contributed by atoms with van der Waals surface area (Å²) in [5.74, 6) is 0.0653. The van der Waals surface area contributed by atoms with E-state index in [9.17, 15) is 9.59 Å². The monoisotopic (exact) mass is 454 g/mol. The van der Waals surface area contributed by atoms with E-state index in [0.29, 0.717) is 12.1 Å². The fourth-order valence-corrected chi connectivity index (χ4v) is 5.22. The molecule has 2 aromatic carbocycles. The molecule has 0 radical (unpaired) electrons. The molecule has 0 spiro atoms. The van der Waals surface area contributed by atoms with Crippen molar-refractivity contribution in [1.29, 1.82) is 0 Å². The highest BCUT2D eigenvalue weighted by Crippen LogP contribution is 2.43. The minimum Gasteiger partial charge on any atom is -0.345 e. The molecule has 8 heteroatoms. The maximum atomic E-state index is 13.6. The zero-order chi connectivity index (χ0) is 23.4. The molecule has 2 amide bonds. The second-order valence-corrected chi connectivity index (χ2v) is 9.10. The van der Waals surface area contributed by atoms with Crippen molar-refractivity contribution in [3.63, 3.8) is 0 Å². The minimum atomic E-state index is -0.301. The van der Waals surface area contributed by atoms with Gasteiger partial charge in [-0.05, 0) is 55.7 Å². The number of benzene rings is 2. The van der Waals surface area contributed by atoms with E-state index in [0.717, 1.165) is 65.0 Å². The third-order valence-electron chi connectivity index (χ3n) is 7.11. The Labute approximate surface area is 197 Å². The first-order valence-electron chi connectivity index (χ1n) is 11.7. The first kappa shape index (κ1) is 20.7. The van der Waals surface area contributed by atoms with Crippen molar-refractivity contribution < 1.29 is 9.59 Å². The minimum absolute atomic E-state index is 0.116. The largest absolute Gasteiger partial charge is 0.345 e. The summed E-state index contributed by atoms with van der Waals surface area (Å²) in [6.07, 6.45) is 5.31. The number of anilines is 2. The Morgan fingerprint density at radius 1 is 1.00 bits per heavy atom. The van der Waals surface area contributed by atoms with Crippen LogP contribution in [0.2, 0.25) is 0 Å². The molecular weight excluding hydrogens is 428 g/mol. The molecule has 1 unspecified atom stereocenters. The summed E-state index contributed by atoms with van der Waals surface area (Å²) in [4.78, 5) is 37.3. The van der Waals surface area contributed by atoms with Crippen LogP contribution in [0.3, 0.4) is 0 Å². The highest BCUT2D eigenvalue weighted by atomic mass is 16.2. The molecule has 0 bridgehead atoms. The van der Waals surface area contributed by atoms with Gasteiger partial charge in [-0.2, -0.15) is 5.10 Å². The molecule has 6 rings (SSSR count). The van der Waals surface area contributed by atoms with E-state index in [1.807, 2.05) is 66.2 Å². The van der Waals surface area contributed by atoms with Gasteiger partial charge >= 0.3 is 0 Å². The fourth-order valence-electron chi connectivity index (χ4n) is 5.22. The highest BCUT2D eigenvalue weighted by Gasteiger charge is 2.43. The topological polar surface area (TPSA) is 87.1 Å². The second kappa shape index (κ2) is 7.83. The number of nitrogens with zero attached hydrogens (tertiary/aromatic N) is 5. The van der Waals surface area contributed by atoms with E-state index in [-0.39, 0.29) is 17.9 Å². The number of amides is 2. The van der Waals surface area contributed by atoms with Gasteiger partial charge in [0.25, 0.3) is 5.91 Å². The second-order valence-electron chi connectivity index (χ2n) is 9.10. The Hall–Kier alpha value is -3.94. The summed E-state index contributed by atoms with van der Waals surface area (Å²) in [7, 11) is 1.87. The predicted octanol–water partition coefficient (Wildman–Crippen LogP) is 4.26. The van der Waals surface area contributed by atoms with Crippen LogP contribution in [-0.4, -0.2) is 38.1 Å². The quantitative estimate of drug-likeness (QED) is 0.501. The molecule has 1 N–H and O–H groups in total. The van der Waals surface area contributed by atoms with Crippen molar-refractivity contribution in [2.45, 2.75) is 38.6 Å². The number of aromatic nitrogens is 4. The van der Waals surface area contributed by atoms with Crippen LogP contribution in [0.15, 0.2) is 48.8 Å². The van der Waals surface area contributed by atoms with Gasteiger partial charge < -0.3 is 9.88 Å². The number of hydrogen-bond acceptors (Lipinski definition) is 4. The normalized spacial score (nSPS) is 18.6. The summed E-state index contributed by atoms with van der Waals surface area (Å²) < 4.78 is 1.77. The SMILES string of the molecule is Cc1c2c(nn1C)C(=O)N(c1ccc3nc[nH]c3c1)C2c1ccc(N2CCCCCC2=O)cc1. The van der Waals surface area contributed by atoms with Crippen LogP contribution in [-0.2, 0) is 11.8 Å². The predicted molar refractivity (Wildman–Crippen MR) is 130 cm³/mol. The highest BCUT2D eigenvalue weighted by molar-refractivity contribution is 6.11. The van der Waals surface area contributed by atoms with Gasteiger partial charge in [-0.1, -0.05) is 18.6 Å². The average Bonchev–Trinajstić information content (AvgIpc) is 3.45. The zero-order valence-corrected chi connectivity index (χ0v) is 19.3. The Bertz CT molecular complexity index is 1420. The van der Waals surface area contributed by atoms with Crippen LogP contribution in [0.25, 0.3) is 11.0 Å². The number of imidazole rings is 1. The molecule has 2 aliphatic rings. The van der Waals surface area contributed by atoms with Gasteiger partial charge in [0.2, 0.25) is 5.91 Å². The van der Waals surface area contributed by atoms with Gasteiger partial charge in [0, 0.05) is 42.6 Å². The van der Waals surface area contributed by atoms with E-state index in [1.165, 1.54) is 0 Å². The van der Waals surface area contributed by atoms with E-state index >= 15 is 0 Å². The molecule has 4 heterocycles. The van der Waals surface area contributed by atoms with Crippen molar-refractivity contribution in [3.8, 4) is 0 Å². The molecule has 4 aromatic rings. The first-order chi connectivity index (χ1) is 16.5. The number of rotatable bonds is 3. The molecule has 2 aromatic heterocycles. The van der Waals surface area contributed by atoms with Gasteiger partial charge in [0.15, 0.2) is 5.69 Å². The van der Waals surface area contributed by atoms with Crippen molar-refractivity contribution in [2.24, 2.45) is 7.05 Å². The Balaban J connectivity index is 1.43. The Morgan fingerprint density at radius 2 is 1.79 bits per heavy atom. The van der Waals surface area contributed by atoms with Crippen LogP contribution in [0.4, 0.5) is 11.4 Å². The lowest BCUT2D eigenvalue weighted by Gasteiger charge is -2.27. The third-order valence-corrected chi connectivity index (χ3v) is 7.11. The number of fused-ring (bicyclic) bond motifs is 2. The smallest absolute Gasteiger partial charge is 0.280 e. The number of aromatic amines is 1. The van der Waals surface area contributed by atoms with E-state index < -0.39 is 0 Å². The fraction of sp³-hybridized carbons (Fsp3) is 0.308. The van der Waals surface area contributed by atoms with Crippen LogP contribution < -0.4 is 9.80 Å². The zero-order valence-electron chi connectivity index (χ0n) is 19.3. The molecule has 1 fully saturated rings. The lowest BCUT2D eigenvalue weighted by molar-refractivity contribution is -0.118. The molecule has 8 nitrogen and oxygen atoms in total. The third kappa shape index (κ3) is 3.13. The van der Waals surface area contributed by atoms with Crippen LogP contribution in [0, 0.1) is 6.92 Å². The number of carbonyl (C=O) groups is 2. The van der Waals surface area contributed by atoms with Crippen LogP contribution in [0.1, 0.15) is 59.0 Å². The summed E-state index contributed by atoms with van der Waals surface area (Å²) in [5.41, 5.74) is 6.79. The molecule has 0 saturated carbocycles. The number of nitrogens with one attached hydrogen (secondary N) is 1. The molecule has 2 aliphatic heterocycles. The molecule has 172 valence electrons. The van der Waals surface area contributed by atoms with Gasteiger partial charge in [-0.15, -0.1) is 0 Å². The number of aryl methyl sites for hydroxylation is 1. The first-order valence-corrected chi connectivity index (χ1v) is 11.7. The lowest BCUT2D eigenvalue weighted by atomic mass is 9.98. The molecule has 0 aliphatic carbocycles. The number of hydrogen-bond donors (Lipinski definition) is 1. The van der Waals surface area contributed by atoms with E-state index in [2.05, 4.69) is 15.1 Å². The van der Waals surface area contributed by atoms with Gasteiger partial charge in [-0.3, -0.25) is 19.2 Å². The summed E-state index contributed by atoms with van der Waals surface area (Å²) in [6.45, 7) is 2.75. The number of carbonyl (C=O) groups excluding carboxylic acids is 2. The Kier molecular flexibility index (Phi) is 4.76. The molecular formula is C26H26N6O2. The molecule has 1 saturated heterocycles. The standard InChI is InChI=1S/C26H26N6O2/c1-16-23-24(29-30(16)2)26(34)32(19-11-12-20-21(14-19)28-15-27-20)25(23)17-7-9-18(10-8-17)31-13-5-3-4-6-22(31)33/h7-12,14-15,25H,3-6,13H2,1-2H3,(H,27,28). The molecule has 34 heavy (non-hydrogen) atoms. The van der Waals surface area contributed by atoms with Gasteiger partial charge in [-0.25, -0.2) is 4.98 Å². The summed E-state index contributed by atoms with van der Waals surface area (Å²) >= 11 is 0. The maximum Gasteiger partial charge on any atom is 0.280 e. The van der Waals surface area contributed by atoms with Crippen molar-refractivity contribution >= 4 is 34.2 Å². The van der Waals surface area contributed by atoms with Crippen molar-refractivity contribution in [3.05, 3.63) is 71.3 Å². The van der Waals surface area contributed by atoms with E-state index in [4.69, 9.17) is 0 Å². The van der Waals surface area contributed by atoms with Gasteiger partial charge in [0.1, 0.15) is 0 Å². The lowest BCUT2D eigenvalue weighted by Crippen LogP contribution is -2.31. The van der Waals surface area contributed by atoms with Crippen molar-refractivity contribution in [1.82, 2.24) is 19.7 Å². The molecule has 1 atom stereocenters. The van der Waals surface area contributed by atoms with Crippen LogP contribution in [0.5, 0.6) is 0 Å². The number of H-pyrrole nitrogens is 1. The Morgan fingerprint density at radius 3 is 2.62 bits per heavy atom. The summed E-state index contributed by atoms with van der Waals surface area (Å²) in [5, 5.41) is 4.54. The maximum absolute atomic E-state index is 13.6. The van der Waals surface area contributed by atoms with Crippen molar-refractivity contribution in [2.75, 3.05) is 16.3 Å². The van der Waals surface area contributed by atoms with Crippen LogP contribution >= 0.6 is 0 Å². The summed E-state index contributed by atoms with van der Waals surface area (Å²) in [6, 6.07) is 13.6. The van der Waals surface area contributed by atoms with E-state index in [1.54, 1.807) is 11.0 Å². The van der Waals surface area contributed by atoms with Gasteiger partial charge in [0.05, 0.1) is 23.4 Å². The average molecular weight is 455 g/mol.